The van der Waals surface area contributed by atoms with E-state index in [9.17, 15) is 13.2 Å². The predicted molar refractivity (Wildman–Crippen MR) is 91.6 cm³/mol. The van der Waals surface area contributed by atoms with Crippen molar-refractivity contribution in [3.05, 3.63) is 0 Å². The molecule has 8 heteroatoms. The molecule has 0 spiro atoms. The van der Waals surface area contributed by atoms with Crippen LogP contribution in [0.15, 0.2) is 0 Å². The zero-order valence-electron chi connectivity index (χ0n) is 13.8. The Labute approximate surface area is 140 Å². The molecule has 6 nitrogen and oxygen atoms in total. The van der Waals surface area contributed by atoms with Gasteiger partial charge in [-0.2, -0.15) is 0 Å². The molecule has 132 valence electrons. The third kappa shape index (κ3) is 6.40. The number of hydrogen-bond donors (Lipinski definition) is 2. The molecule has 22 heavy (non-hydrogen) atoms. The molecule has 0 aromatic carbocycles. The first kappa shape index (κ1) is 21.6. The molecule has 1 atom stereocenters. The van der Waals surface area contributed by atoms with Crippen LogP contribution in [0.25, 0.3) is 0 Å². The minimum absolute atomic E-state index is 0. The lowest BCUT2D eigenvalue weighted by molar-refractivity contribution is -0.137. The number of rotatable bonds is 7. The molecular formula is C14H30ClN3O3S. The Morgan fingerprint density at radius 3 is 2.27 bits per heavy atom. The second-order valence-corrected chi connectivity index (χ2v) is 8.04. The standard InChI is InChI=1S/C14H29N3O3S.ClH/c1-4-8-14(3,15)13(18)17-9-6-12(7-10-17)16-21(19,20)11-5-2;/h12,16H,4-11,15H2,1-3H3;1H. The van der Waals surface area contributed by atoms with Gasteiger partial charge >= 0.3 is 0 Å². The number of carbonyl (C=O) groups is 1. The maximum Gasteiger partial charge on any atom is 0.242 e. The van der Waals surface area contributed by atoms with Crippen molar-refractivity contribution in [1.29, 1.82) is 0 Å². The lowest BCUT2D eigenvalue weighted by Gasteiger charge is -2.37. The minimum Gasteiger partial charge on any atom is -0.341 e. The lowest BCUT2D eigenvalue weighted by atomic mass is 9.94. The highest BCUT2D eigenvalue weighted by Crippen LogP contribution is 2.18. The topological polar surface area (TPSA) is 92.5 Å². The maximum absolute atomic E-state index is 12.4. The summed E-state index contributed by atoms with van der Waals surface area (Å²) in [4.78, 5) is 14.1. The Morgan fingerprint density at radius 2 is 1.82 bits per heavy atom. The van der Waals surface area contributed by atoms with E-state index >= 15 is 0 Å². The summed E-state index contributed by atoms with van der Waals surface area (Å²) in [6.45, 7) is 6.75. The fraction of sp³-hybridized carbons (Fsp3) is 0.929. The summed E-state index contributed by atoms with van der Waals surface area (Å²) in [6, 6.07) is -0.0687. The van der Waals surface area contributed by atoms with E-state index in [-0.39, 0.29) is 30.1 Å². The van der Waals surface area contributed by atoms with Gasteiger partial charge in [-0.1, -0.05) is 20.3 Å². The van der Waals surface area contributed by atoms with Crippen LogP contribution in [0.5, 0.6) is 0 Å². The molecule has 1 rings (SSSR count). The normalized spacial score (nSPS) is 19.4. The fourth-order valence-electron chi connectivity index (χ4n) is 2.77. The average Bonchev–Trinajstić information content (AvgIpc) is 2.38. The number of halogens is 1. The van der Waals surface area contributed by atoms with Crippen molar-refractivity contribution in [2.75, 3.05) is 18.8 Å². The number of piperidine rings is 1. The van der Waals surface area contributed by atoms with Gasteiger partial charge in [-0.25, -0.2) is 13.1 Å². The molecule has 0 bridgehead atoms. The molecule has 0 aromatic rings. The third-order valence-electron chi connectivity index (χ3n) is 3.86. The summed E-state index contributed by atoms with van der Waals surface area (Å²) in [5.74, 6) is 0.128. The Bertz CT molecular complexity index is 446. The Morgan fingerprint density at radius 1 is 1.27 bits per heavy atom. The summed E-state index contributed by atoms with van der Waals surface area (Å²) < 4.78 is 26.2. The molecule has 1 aliphatic rings. The molecule has 0 aliphatic carbocycles. The molecular weight excluding hydrogens is 326 g/mol. The highest BCUT2D eigenvalue weighted by molar-refractivity contribution is 7.89. The Hall–Kier alpha value is -0.370. The van der Waals surface area contributed by atoms with Gasteiger partial charge < -0.3 is 10.6 Å². The van der Waals surface area contributed by atoms with E-state index in [2.05, 4.69) is 4.72 Å². The minimum atomic E-state index is -3.18. The van der Waals surface area contributed by atoms with Gasteiger partial charge in [0.2, 0.25) is 15.9 Å². The van der Waals surface area contributed by atoms with Gasteiger partial charge in [-0.15, -0.1) is 12.4 Å². The van der Waals surface area contributed by atoms with Gasteiger partial charge in [0.05, 0.1) is 11.3 Å². The molecule has 1 amide bonds. The van der Waals surface area contributed by atoms with Crippen LogP contribution in [-0.2, 0) is 14.8 Å². The monoisotopic (exact) mass is 355 g/mol. The first-order valence-corrected chi connectivity index (χ1v) is 9.45. The van der Waals surface area contributed by atoms with Gasteiger partial charge in [-0.3, -0.25) is 4.79 Å². The van der Waals surface area contributed by atoms with Crippen molar-refractivity contribution in [1.82, 2.24) is 9.62 Å². The molecule has 1 fully saturated rings. The van der Waals surface area contributed by atoms with E-state index in [1.54, 1.807) is 11.8 Å². The first-order valence-electron chi connectivity index (χ1n) is 7.80. The third-order valence-corrected chi connectivity index (χ3v) is 5.50. The summed E-state index contributed by atoms with van der Waals surface area (Å²) in [5, 5.41) is 0. The fourth-order valence-corrected chi connectivity index (χ4v) is 4.17. The number of sulfonamides is 1. The number of nitrogens with two attached hydrogens (primary N) is 1. The smallest absolute Gasteiger partial charge is 0.242 e. The largest absolute Gasteiger partial charge is 0.341 e. The van der Waals surface area contributed by atoms with Crippen molar-refractivity contribution >= 4 is 28.3 Å². The van der Waals surface area contributed by atoms with Gasteiger partial charge in [0, 0.05) is 19.1 Å². The number of likely N-dealkylation sites (tertiary alicyclic amines) is 1. The van der Waals surface area contributed by atoms with Crippen LogP contribution in [-0.4, -0.2) is 49.6 Å². The quantitative estimate of drug-likeness (QED) is 0.718. The van der Waals surface area contributed by atoms with Crippen molar-refractivity contribution in [2.45, 2.75) is 64.5 Å². The predicted octanol–water partition coefficient (Wildman–Crippen LogP) is 1.25. The van der Waals surface area contributed by atoms with Crippen molar-refractivity contribution in [3.8, 4) is 0 Å². The highest BCUT2D eigenvalue weighted by Gasteiger charge is 2.34. The molecule has 1 unspecified atom stereocenters. The van der Waals surface area contributed by atoms with Gasteiger partial charge in [0.1, 0.15) is 0 Å². The average molecular weight is 356 g/mol. The summed E-state index contributed by atoms with van der Waals surface area (Å²) in [6.07, 6.45) is 3.43. The van der Waals surface area contributed by atoms with Crippen LogP contribution < -0.4 is 10.5 Å². The van der Waals surface area contributed by atoms with Gasteiger partial charge in [0.15, 0.2) is 0 Å². The molecule has 3 N–H and O–H groups in total. The Balaban J connectivity index is 0.00000441. The van der Waals surface area contributed by atoms with Crippen molar-refractivity contribution in [3.63, 3.8) is 0 Å². The lowest BCUT2D eigenvalue weighted by Crippen LogP contribution is -2.56. The highest BCUT2D eigenvalue weighted by atomic mass is 35.5. The number of carbonyl (C=O) groups excluding carboxylic acids is 1. The van der Waals surface area contributed by atoms with E-state index in [0.29, 0.717) is 38.8 Å². The van der Waals surface area contributed by atoms with E-state index in [0.717, 1.165) is 6.42 Å². The van der Waals surface area contributed by atoms with E-state index in [1.165, 1.54) is 0 Å². The van der Waals surface area contributed by atoms with Crippen LogP contribution in [0.4, 0.5) is 0 Å². The van der Waals surface area contributed by atoms with E-state index in [1.807, 2.05) is 13.8 Å². The summed E-state index contributed by atoms with van der Waals surface area (Å²) in [5.41, 5.74) is 5.26. The molecule has 1 aliphatic heterocycles. The van der Waals surface area contributed by atoms with Gasteiger partial charge in [-0.05, 0) is 32.6 Å². The molecule has 0 saturated carbocycles. The van der Waals surface area contributed by atoms with E-state index in [4.69, 9.17) is 5.73 Å². The number of amides is 1. The van der Waals surface area contributed by atoms with Gasteiger partial charge in [0.25, 0.3) is 0 Å². The van der Waals surface area contributed by atoms with Crippen LogP contribution in [0, 0.1) is 0 Å². The second kappa shape index (κ2) is 9.05. The maximum atomic E-state index is 12.4. The van der Waals surface area contributed by atoms with Crippen LogP contribution >= 0.6 is 12.4 Å². The zero-order valence-corrected chi connectivity index (χ0v) is 15.4. The van der Waals surface area contributed by atoms with Crippen molar-refractivity contribution < 1.29 is 13.2 Å². The number of hydrogen-bond acceptors (Lipinski definition) is 4. The zero-order chi connectivity index (χ0) is 16.1. The number of nitrogens with one attached hydrogen (secondary N) is 1. The number of nitrogens with zero attached hydrogens (tertiary/aromatic N) is 1. The molecule has 1 saturated heterocycles. The van der Waals surface area contributed by atoms with E-state index < -0.39 is 15.6 Å². The van der Waals surface area contributed by atoms with Crippen LogP contribution in [0.2, 0.25) is 0 Å². The SMILES string of the molecule is CCCC(C)(N)C(=O)N1CCC(NS(=O)(=O)CCC)CC1.Cl. The first-order chi connectivity index (χ1) is 9.72. The summed E-state index contributed by atoms with van der Waals surface area (Å²) in [7, 11) is -3.18. The van der Waals surface area contributed by atoms with Crippen LogP contribution in [0.1, 0.15) is 52.9 Å². The molecule has 0 aromatic heterocycles. The Kier molecular flexibility index (Phi) is 8.90. The second-order valence-electron chi connectivity index (χ2n) is 6.17. The van der Waals surface area contributed by atoms with Crippen LogP contribution in [0.3, 0.4) is 0 Å². The molecule has 1 heterocycles. The molecule has 0 radical (unpaired) electrons. The van der Waals surface area contributed by atoms with Crippen molar-refractivity contribution in [2.24, 2.45) is 5.73 Å². The summed E-state index contributed by atoms with van der Waals surface area (Å²) >= 11 is 0.